The van der Waals surface area contributed by atoms with Crippen molar-refractivity contribution in [3.05, 3.63) is 35.1 Å². The van der Waals surface area contributed by atoms with Crippen molar-refractivity contribution in [3.8, 4) is 0 Å². The Hall–Kier alpha value is -0.970. The lowest BCUT2D eigenvalue weighted by Crippen LogP contribution is -2.16. The SMILES string of the molecule is CCNCc1ccc(F)c(COC(C)COCC)c1. The predicted molar refractivity (Wildman–Crippen MR) is 74.5 cm³/mol. The van der Waals surface area contributed by atoms with E-state index in [0.29, 0.717) is 18.8 Å². The number of hydrogen-bond donors (Lipinski definition) is 1. The maximum atomic E-state index is 13.7. The second kappa shape index (κ2) is 9.02. The first-order valence-corrected chi connectivity index (χ1v) is 6.84. The highest BCUT2D eigenvalue weighted by molar-refractivity contribution is 5.24. The van der Waals surface area contributed by atoms with Crippen molar-refractivity contribution >= 4 is 0 Å². The molecule has 19 heavy (non-hydrogen) atoms. The molecule has 0 amide bonds. The lowest BCUT2D eigenvalue weighted by molar-refractivity contribution is -0.0125. The number of benzene rings is 1. The van der Waals surface area contributed by atoms with E-state index in [1.165, 1.54) is 6.07 Å². The Labute approximate surface area is 115 Å². The van der Waals surface area contributed by atoms with Crippen LogP contribution in [0.15, 0.2) is 18.2 Å². The first-order chi connectivity index (χ1) is 9.17. The molecule has 0 aliphatic carbocycles. The number of nitrogens with one attached hydrogen (secondary N) is 1. The number of rotatable bonds is 9. The van der Waals surface area contributed by atoms with E-state index in [2.05, 4.69) is 5.32 Å². The summed E-state index contributed by atoms with van der Waals surface area (Å²) in [5, 5.41) is 3.22. The molecule has 0 saturated heterocycles. The Bertz CT molecular complexity index is 371. The van der Waals surface area contributed by atoms with Crippen molar-refractivity contribution in [2.45, 2.75) is 40.0 Å². The summed E-state index contributed by atoms with van der Waals surface area (Å²) < 4.78 is 24.5. The molecule has 1 N–H and O–H groups in total. The van der Waals surface area contributed by atoms with Crippen LogP contribution >= 0.6 is 0 Å². The van der Waals surface area contributed by atoms with E-state index in [-0.39, 0.29) is 18.5 Å². The summed E-state index contributed by atoms with van der Waals surface area (Å²) >= 11 is 0. The van der Waals surface area contributed by atoms with Gasteiger partial charge in [0, 0.05) is 18.7 Å². The van der Waals surface area contributed by atoms with Crippen molar-refractivity contribution in [2.75, 3.05) is 19.8 Å². The van der Waals surface area contributed by atoms with Crippen LogP contribution in [-0.2, 0) is 22.6 Å². The zero-order valence-electron chi connectivity index (χ0n) is 12.0. The molecule has 1 aromatic rings. The van der Waals surface area contributed by atoms with Crippen molar-refractivity contribution in [2.24, 2.45) is 0 Å². The molecule has 0 heterocycles. The minimum absolute atomic E-state index is 0.0308. The molecule has 1 rings (SSSR count). The lowest BCUT2D eigenvalue weighted by atomic mass is 10.1. The molecule has 1 aromatic carbocycles. The molecular weight excluding hydrogens is 245 g/mol. The van der Waals surface area contributed by atoms with E-state index in [0.717, 1.165) is 18.7 Å². The third kappa shape index (κ3) is 6.14. The Morgan fingerprint density at radius 3 is 2.79 bits per heavy atom. The molecule has 1 atom stereocenters. The van der Waals surface area contributed by atoms with Crippen molar-refractivity contribution < 1.29 is 13.9 Å². The first-order valence-electron chi connectivity index (χ1n) is 6.84. The molecule has 0 spiro atoms. The van der Waals surface area contributed by atoms with Crippen molar-refractivity contribution in [1.82, 2.24) is 5.32 Å². The average Bonchev–Trinajstić information content (AvgIpc) is 2.42. The molecule has 0 bridgehead atoms. The molecule has 0 fully saturated rings. The summed E-state index contributed by atoms with van der Waals surface area (Å²) in [5.74, 6) is -0.219. The van der Waals surface area contributed by atoms with Crippen molar-refractivity contribution in [3.63, 3.8) is 0 Å². The van der Waals surface area contributed by atoms with Gasteiger partial charge < -0.3 is 14.8 Å². The third-order valence-corrected chi connectivity index (χ3v) is 2.77. The molecule has 4 heteroatoms. The molecule has 0 aliphatic heterocycles. The van der Waals surface area contributed by atoms with Crippen LogP contribution in [-0.4, -0.2) is 25.9 Å². The van der Waals surface area contributed by atoms with Gasteiger partial charge in [-0.3, -0.25) is 0 Å². The highest BCUT2D eigenvalue weighted by Crippen LogP contribution is 2.13. The van der Waals surface area contributed by atoms with Crippen LogP contribution in [0.25, 0.3) is 0 Å². The normalized spacial score (nSPS) is 12.6. The van der Waals surface area contributed by atoms with Gasteiger partial charge in [-0.15, -0.1) is 0 Å². The Balaban J connectivity index is 2.51. The largest absolute Gasteiger partial charge is 0.379 e. The van der Waals surface area contributed by atoms with E-state index in [4.69, 9.17) is 9.47 Å². The zero-order valence-corrected chi connectivity index (χ0v) is 12.0. The molecule has 0 radical (unpaired) electrons. The van der Waals surface area contributed by atoms with Crippen LogP contribution in [0.3, 0.4) is 0 Å². The first kappa shape index (κ1) is 16.1. The fraction of sp³-hybridized carbons (Fsp3) is 0.600. The van der Waals surface area contributed by atoms with E-state index < -0.39 is 0 Å². The Kier molecular flexibility index (Phi) is 7.63. The Morgan fingerprint density at radius 1 is 1.32 bits per heavy atom. The van der Waals surface area contributed by atoms with E-state index in [1.54, 1.807) is 6.07 Å². The van der Waals surface area contributed by atoms with E-state index >= 15 is 0 Å². The molecule has 0 saturated carbocycles. The fourth-order valence-electron chi connectivity index (χ4n) is 1.68. The maximum absolute atomic E-state index is 13.7. The maximum Gasteiger partial charge on any atom is 0.128 e. The summed E-state index contributed by atoms with van der Waals surface area (Å²) in [7, 11) is 0. The van der Waals surface area contributed by atoms with Gasteiger partial charge in [0.05, 0.1) is 19.3 Å². The zero-order chi connectivity index (χ0) is 14.1. The summed E-state index contributed by atoms with van der Waals surface area (Å²) in [6.07, 6.45) is -0.0308. The van der Waals surface area contributed by atoms with Gasteiger partial charge in [0.25, 0.3) is 0 Å². The van der Waals surface area contributed by atoms with Gasteiger partial charge in [-0.1, -0.05) is 13.0 Å². The van der Waals surface area contributed by atoms with Crippen LogP contribution in [0.4, 0.5) is 4.39 Å². The molecule has 1 unspecified atom stereocenters. The summed E-state index contributed by atoms with van der Waals surface area (Å²) in [4.78, 5) is 0. The van der Waals surface area contributed by atoms with Gasteiger partial charge in [0.1, 0.15) is 5.82 Å². The van der Waals surface area contributed by atoms with Crippen molar-refractivity contribution in [1.29, 1.82) is 0 Å². The molecule has 0 aromatic heterocycles. The summed E-state index contributed by atoms with van der Waals surface area (Å²) in [6.45, 7) is 9.04. The topological polar surface area (TPSA) is 30.5 Å². The van der Waals surface area contributed by atoms with Gasteiger partial charge in [0.15, 0.2) is 0 Å². The van der Waals surface area contributed by atoms with E-state index in [1.807, 2.05) is 26.8 Å². The van der Waals surface area contributed by atoms with Gasteiger partial charge >= 0.3 is 0 Å². The van der Waals surface area contributed by atoms with Gasteiger partial charge in [-0.05, 0) is 38.1 Å². The Morgan fingerprint density at radius 2 is 2.11 bits per heavy atom. The van der Waals surface area contributed by atoms with Crippen LogP contribution in [0.2, 0.25) is 0 Å². The molecular formula is C15H24FNO2. The smallest absolute Gasteiger partial charge is 0.128 e. The standard InChI is InChI=1S/C15H24FNO2/c1-4-17-9-13-6-7-15(16)14(8-13)11-19-12(3)10-18-5-2/h6-8,12,17H,4-5,9-11H2,1-3H3. The summed E-state index contributed by atoms with van der Waals surface area (Å²) in [6, 6.07) is 5.15. The molecule has 108 valence electrons. The minimum Gasteiger partial charge on any atom is -0.379 e. The van der Waals surface area contributed by atoms with Crippen LogP contribution < -0.4 is 5.32 Å². The monoisotopic (exact) mass is 269 g/mol. The van der Waals surface area contributed by atoms with Crippen LogP contribution in [0.5, 0.6) is 0 Å². The number of halogens is 1. The number of ether oxygens (including phenoxy) is 2. The lowest BCUT2D eigenvalue weighted by Gasteiger charge is -2.14. The van der Waals surface area contributed by atoms with Gasteiger partial charge in [-0.25, -0.2) is 4.39 Å². The predicted octanol–water partition coefficient (Wildman–Crippen LogP) is 2.88. The van der Waals surface area contributed by atoms with Gasteiger partial charge in [-0.2, -0.15) is 0 Å². The third-order valence-electron chi connectivity index (χ3n) is 2.77. The highest BCUT2D eigenvalue weighted by atomic mass is 19.1. The fourth-order valence-corrected chi connectivity index (χ4v) is 1.68. The second-order valence-corrected chi connectivity index (χ2v) is 4.49. The minimum atomic E-state index is -0.219. The number of hydrogen-bond acceptors (Lipinski definition) is 3. The quantitative estimate of drug-likeness (QED) is 0.747. The van der Waals surface area contributed by atoms with Crippen LogP contribution in [0.1, 0.15) is 31.9 Å². The van der Waals surface area contributed by atoms with E-state index in [9.17, 15) is 4.39 Å². The highest BCUT2D eigenvalue weighted by Gasteiger charge is 2.07. The second-order valence-electron chi connectivity index (χ2n) is 4.49. The average molecular weight is 269 g/mol. The van der Waals surface area contributed by atoms with Crippen LogP contribution in [0, 0.1) is 5.82 Å². The molecule has 3 nitrogen and oxygen atoms in total. The summed E-state index contributed by atoms with van der Waals surface area (Å²) in [5.41, 5.74) is 1.66. The van der Waals surface area contributed by atoms with Gasteiger partial charge in [0.2, 0.25) is 0 Å². The molecule has 0 aliphatic rings.